The number of aliphatic hydroxyl groups excluding tert-OH is 1. The summed E-state index contributed by atoms with van der Waals surface area (Å²) in [6, 6.07) is 5.34. The van der Waals surface area contributed by atoms with Gasteiger partial charge in [0.2, 0.25) is 0 Å². The number of anilines is 1. The first-order valence-corrected chi connectivity index (χ1v) is 15.5. The molecule has 0 spiro atoms. The number of hydrogen-bond acceptors (Lipinski definition) is 9. The molecule has 2 aromatic rings. The van der Waals surface area contributed by atoms with Crippen molar-refractivity contribution in [2.45, 2.75) is 50.4 Å². The van der Waals surface area contributed by atoms with E-state index in [4.69, 9.17) is 18.9 Å². The van der Waals surface area contributed by atoms with Gasteiger partial charge in [0.1, 0.15) is 0 Å². The molecule has 6 rings (SSSR count). The van der Waals surface area contributed by atoms with Crippen molar-refractivity contribution < 1.29 is 43.5 Å². The fourth-order valence-electron chi connectivity index (χ4n) is 6.53. The Kier molecular flexibility index (Phi) is 8.82. The number of hydrogen-bond donors (Lipinski definition) is 2. The van der Waals surface area contributed by atoms with Crippen LogP contribution in [0.15, 0.2) is 53.6 Å². The van der Waals surface area contributed by atoms with Crippen LogP contribution in [-0.4, -0.2) is 103 Å². The van der Waals surface area contributed by atoms with Crippen molar-refractivity contribution in [1.82, 2.24) is 9.80 Å². The molecular formula is C34H38N4O9. The summed E-state index contributed by atoms with van der Waals surface area (Å²) in [5.41, 5.74) is 2.82. The van der Waals surface area contributed by atoms with E-state index in [0.29, 0.717) is 55.2 Å². The topological polar surface area (TPSA) is 151 Å². The number of carboxylic acid groups (broad SMARTS) is 1. The van der Waals surface area contributed by atoms with Gasteiger partial charge in [-0.3, -0.25) is 14.6 Å². The number of unbranched alkanes of at least 4 members (excludes halogenated alkanes) is 2. The quantitative estimate of drug-likeness (QED) is 0.283. The van der Waals surface area contributed by atoms with Crippen LogP contribution in [0.5, 0.6) is 23.0 Å². The predicted molar refractivity (Wildman–Crippen MR) is 173 cm³/mol. The lowest BCUT2D eigenvalue weighted by Crippen LogP contribution is -2.50. The standard InChI is InChI=1S/C34H38N4O9/c1-19-12-25-33(41)38(34(42)43)24-16-30(28(45-4)14-22(24)32(40)37(25)18-19)47-11-7-5-6-10-46-29-15-23-21(13-27(29)44-3)31(39)36-9-8-20(2)26(36)17-35-23/h13-17,25-26,33,41H,1-2,5-12,18H2,3-4H3,(H,42,43)/t25-,26+,33-/m0/s1. The summed E-state index contributed by atoms with van der Waals surface area (Å²) in [6.07, 6.45) is 2.04. The van der Waals surface area contributed by atoms with Crippen LogP contribution in [0.4, 0.5) is 16.2 Å². The maximum atomic E-state index is 13.4. The number of rotatable bonds is 10. The number of carbonyl (C=O) groups is 3. The van der Waals surface area contributed by atoms with E-state index in [1.165, 1.54) is 31.3 Å². The highest BCUT2D eigenvalue weighted by molar-refractivity contribution is 6.06. The highest BCUT2D eigenvalue weighted by Crippen LogP contribution is 2.42. The molecule has 3 amide bonds. The maximum Gasteiger partial charge on any atom is 0.414 e. The minimum absolute atomic E-state index is 0.0327. The zero-order valence-corrected chi connectivity index (χ0v) is 26.4. The molecule has 2 fully saturated rings. The van der Waals surface area contributed by atoms with E-state index >= 15 is 0 Å². The molecule has 47 heavy (non-hydrogen) atoms. The van der Waals surface area contributed by atoms with Gasteiger partial charge in [0.05, 0.1) is 62.0 Å². The number of fused-ring (bicyclic) bond motifs is 4. The molecular weight excluding hydrogens is 608 g/mol. The highest BCUT2D eigenvalue weighted by Gasteiger charge is 2.46. The Hall–Kier alpha value is -5.04. The van der Waals surface area contributed by atoms with Gasteiger partial charge in [0.25, 0.3) is 11.8 Å². The molecule has 0 radical (unpaired) electrons. The van der Waals surface area contributed by atoms with E-state index < -0.39 is 24.3 Å². The van der Waals surface area contributed by atoms with E-state index in [1.54, 1.807) is 23.2 Å². The van der Waals surface area contributed by atoms with Crippen LogP contribution in [0.2, 0.25) is 0 Å². The highest BCUT2D eigenvalue weighted by atomic mass is 16.5. The van der Waals surface area contributed by atoms with Crippen molar-refractivity contribution in [1.29, 1.82) is 0 Å². The van der Waals surface area contributed by atoms with Gasteiger partial charge < -0.3 is 39.0 Å². The van der Waals surface area contributed by atoms with E-state index in [9.17, 15) is 24.6 Å². The van der Waals surface area contributed by atoms with Gasteiger partial charge in [-0.05, 0) is 49.8 Å². The van der Waals surface area contributed by atoms with Crippen molar-refractivity contribution in [3.63, 3.8) is 0 Å². The second-order valence-corrected chi connectivity index (χ2v) is 11.9. The van der Waals surface area contributed by atoms with Gasteiger partial charge in [0, 0.05) is 31.4 Å². The van der Waals surface area contributed by atoms with Gasteiger partial charge in [-0.15, -0.1) is 0 Å². The number of methoxy groups -OCH3 is 2. The molecule has 0 saturated carbocycles. The monoisotopic (exact) mass is 646 g/mol. The Balaban J connectivity index is 1.07. The fourth-order valence-corrected chi connectivity index (χ4v) is 6.53. The third kappa shape index (κ3) is 5.86. The first-order chi connectivity index (χ1) is 22.6. The number of carbonyl (C=O) groups excluding carboxylic acids is 2. The summed E-state index contributed by atoms with van der Waals surface area (Å²) in [5.74, 6) is 0.959. The molecule has 13 heteroatoms. The molecule has 2 N–H and O–H groups in total. The SMILES string of the molecule is C=C1C[C@H]2[C@H](O)N(C(=O)O)c3cc(OCCCCCOc4cc5c(cc4OC)C(=O)N4CCC(=C)[C@H]4C=N5)c(OC)cc3C(=O)N2C1. The molecule has 0 unspecified atom stereocenters. The zero-order valence-electron chi connectivity index (χ0n) is 26.4. The summed E-state index contributed by atoms with van der Waals surface area (Å²) >= 11 is 0. The first-order valence-electron chi connectivity index (χ1n) is 15.5. The van der Waals surface area contributed by atoms with Crippen LogP contribution in [0.1, 0.15) is 52.8 Å². The van der Waals surface area contributed by atoms with Crippen molar-refractivity contribution in [2.75, 3.05) is 45.4 Å². The number of ether oxygens (including phenoxy) is 4. The Bertz CT molecular complexity index is 1670. The molecule has 13 nitrogen and oxygen atoms in total. The largest absolute Gasteiger partial charge is 0.493 e. The molecule has 3 atom stereocenters. The first kappa shape index (κ1) is 31.9. The third-order valence-electron chi connectivity index (χ3n) is 9.00. The van der Waals surface area contributed by atoms with E-state index in [-0.39, 0.29) is 47.9 Å². The van der Waals surface area contributed by atoms with E-state index in [1.807, 2.05) is 0 Å². The minimum atomic E-state index is -1.47. The van der Waals surface area contributed by atoms with Crippen molar-refractivity contribution in [3.8, 4) is 23.0 Å². The Morgan fingerprint density at radius 3 is 2.21 bits per heavy atom. The molecule has 4 aliphatic rings. The van der Waals surface area contributed by atoms with Gasteiger partial charge in [-0.25, -0.2) is 9.69 Å². The minimum Gasteiger partial charge on any atom is -0.493 e. The predicted octanol–water partition coefficient (Wildman–Crippen LogP) is 4.41. The lowest BCUT2D eigenvalue weighted by molar-refractivity contribution is 0.0511. The summed E-state index contributed by atoms with van der Waals surface area (Å²) in [4.78, 5) is 47.5. The van der Waals surface area contributed by atoms with Crippen LogP contribution < -0.4 is 23.8 Å². The van der Waals surface area contributed by atoms with Gasteiger partial charge in [-0.1, -0.05) is 18.7 Å². The third-order valence-corrected chi connectivity index (χ3v) is 9.00. The second kappa shape index (κ2) is 13.0. The van der Waals surface area contributed by atoms with Crippen LogP contribution in [0, 0.1) is 0 Å². The van der Waals surface area contributed by atoms with Crippen LogP contribution in [-0.2, 0) is 0 Å². The fraction of sp³-hybridized carbons (Fsp3) is 0.412. The van der Waals surface area contributed by atoms with Gasteiger partial charge >= 0.3 is 6.09 Å². The maximum absolute atomic E-state index is 13.4. The summed E-state index contributed by atoms with van der Waals surface area (Å²) < 4.78 is 23.0. The molecule has 248 valence electrons. The van der Waals surface area contributed by atoms with Crippen molar-refractivity contribution >= 4 is 35.5 Å². The Morgan fingerprint density at radius 1 is 0.915 bits per heavy atom. The summed E-state index contributed by atoms with van der Waals surface area (Å²) in [7, 11) is 2.97. The van der Waals surface area contributed by atoms with E-state index in [2.05, 4.69) is 18.2 Å². The number of amides is 3. The average Bonchev–Trinajstić information content (AvgIpc) is 3.58. The van der Waals surface area contributed by atoms with E-state index in [0.717, 1.165) is 28.9 Å². The molecule has 4 heterocycles. The van der Waals surface area contributed by atoms with Crippen molar-refractivity contribution in [2.24, 2.45) is 4.99 Å². The van der Waals surface area contributed by atoms with Crippen LogP contribution in [0.25, 0.3) is 0 Å². The molecule has 0 aromatic heterocycles. The number of aliphatic hydroxyl groups is 1. The van der Waals surface area contributed by atoms with Crippen LogP contribution >= 0.6 is 0 Å². The molecule has 4 aliphatic heterocycles. The smallest absolute Gasteiger partial charge is 0.414 e. The lowest BCUT2D eigenvalue weighted by Gasteiger charge is -2.30. The molecule has 0 aliphatic carbocycles. The van der Waals surface area contributed by atoms with Gasteiger partial charge in [0.15, 0.2) is 29.2 Å². The molecule has 2 saturated heterocycles. The van der Waals surface area contributed by atoms with Gasteiger partial charge in [-0.2, -0.15) is 0 Å². The Labute approximate surface area is 272 Å². The van der Waals surface area contributed by atoms with Crippen LogP contribution in [0.3, 0.4) is 0 Å². The number of aliphatic imine (C=N–C) groups is 1. The zero-order chi connectivity index (χ0) is 33.4. The number of nitrogens with zero attached hydrogens (tertiary/aromatic N) is 4. The normalized spacial score (nSPS) is 21.5. The lowest BCUT2D eigenvalue weighted by atomic mass is 10.1. The average molecular weight is 647 g/mol. The molecule has 2 aromatic carbocycles. The summed E-state index contributed by atoms with van der Waals surface area (Å²) in [6.45, 7) is 9.51. The molecule has 0 bridgehead atoms. The summed E-state index contributed by atoms with van der Waals surface area (Å²) in [5, 5.41) is 21.0. The second-order valence-electron chi connectivity index (χ2n) is 11.9. The van der Waals surface area contributed by atoms with Crippen molar-refractivity contribution in [3.05, 3.63) is 59.7 Å². The Morgan fingerprint density at radius 2 is 1.55 bits per heavy atom. The number of benzene rings is 2.